The van der Waals surface area contributed by atoms with Gasteiger partial charge < -0.3 is 14.8 Å². The molecule has 9 nitrogen and oxygen atoms in total. The van der Waals surface area contributed by atoms with E-state index in [9.17, 15) is 19.2 Å². The summed E-state index contributed by atoms with van der Waals surface area (Å²) in [7, 11) is 0. The molecule has 1 heterocycles. The van der Waals surface area contributed by atoms with Gasteiger partial charge in [0.15, 0.2) is 6.61 Å². The average molecular weight is 389 g/mol. The van der Waals surface area contributed by atoms with Crippen molar-refractivity contribution in [1.29, 1.82) is 0 Å². The fraction of sp³-hybridized carbons (Fsp3) is 0.474. The Morgan fingerprint density at radius 1 is 1.18 bits per heavy atom. The van der Waals surface area contributed by atoms with Crippen molar-refractivity contribution in [2.45, 2.75) is 38.1 Å². The first kappa shape index (κ1) is 19.7. The van der Waals surface area contributed by atoms with E-state index in [2.05, 4.69) is 10.6 Å². The first-order valence-corrected chi connectivity index (χ1v) is 9.31. The Morgan fingerprint density at radius 2 is 1.93 bits per heavy atom. The van der Waals surface area contributed by atoms with Crippen molar-refractivity contribution in [1.82, 2.24) is 10.6 Å². The van der Waals surface area contributed by atoms with Gasteiger partial charge in [-0.3, -0.25) is 24.6 Å². The zero-order valence-corrected chi connectivity index (χ0v) is 15.4. The number of urea groups is 1. The fourth-order valence-electron chi connectivity index (χ4n) is 3.27. The standard InChI is InChI=1S/C19H23N3O6/c23-16(21-19(26)20-13-5-1-2-6-13)12-28-18(25)11-22-14-7-3-4-8-15(14)27-10-9-17(22)24/h3-4,7-8,13H,1-2,5-6,9-12H2,(H2,20,21,23,26). The monoisotopic (exact) mass is 389 g/mol. The van der Waals surface area contributed by atoms with Crippen LogP contribution < -0.4 is 20.3 Å². The smallest absolute Gasteiger partial charge is 0.326 e. The lowest BCUT2D eigenvalue weighted by Gasteiger charge is -2.20. The van der Waals surface area contributed by atoms with E-state index in [1.807, 2.05) is 0 Å². The van der Waals surface area contributed by atoms with Crippen LogP contribution >= 0.6 is 0 Å². The number of rotatable bonds is 5. The Labute approximate surface area is 162 Å². The van der Waals surface area contributed by atoms with Gasteiger partial charge >= 0.3 is 12.0 Å². The third-order valence-corrected chi connectivity index (χ3v) is 4.63. The Kier molecular flexibility index (Phi) is 6.46. The van der Waals surface area contributed by atoms with Crippen molar-refractivity contribution < 1.29 is 28.7 Å². The maximum absolute atomic E-state index is 12.3. The third kappa shape index (κ3) is 5.21. The predicted octanol–water partition coefficient (Wildman–Crippen LogP) is 1.11. The Hall–Kier alpha value is -3.10. The van der Waals surface area contributed by atoms with Crippen LogP contribution in [0.15, 0.2) is 24.3 Å². The van der Waals surface area contributed by atoms with Crippen LogP contribution in [-0.2, 0) is 19.1 Å². The number of nitrogens with one attached hydrogen (secondary N) is 2. The zero-order valence-electron chi connectivity index (χ0n) is 15.4. The van der Waals surface area contributed by atoms with Crippen LogP contribution in [0.3, 0.4) is 0 Å². The van der Waals surface area contributed by atoms with E-state index < -0.39 is 24.5 Å². The number of carbonyl (C=O) groups excluding carboxylic acids is 4. The number of esters is 1. The molecule has 1 fully saturated rings. The normalized spacial score (nSPS) is 16.6. The Morgan fingerprint density at radius 3 is 2.71 bits per heavy atom. The van der Waals surface area contributed by atoms with E-state index in [0.29, 0.717) is 11.4 Å². The van der Waals surface area contributed by atoms with E-state index in [1.165, 1.54) is 4.90 Å². The number of imide groups is 1. The molecule has 3 rings (SSSR count). The molecule has 0 radical (unpaired) electrons. The second kappa shape index (κ2) is 9.20. The number of fused-ring (bicyclic) bond motifs is 1. The summed E-state index contributed by atoms with van der Waals surface area (Å²) in [5, 5.41) is 4.84. The highest BCUT2D eigenvalue weighted by molar-refractivity contribution is 6.00. The van der Waals surface area contributed by atoms with E-state index in [-0.39, 0.29) is 31.5 Å². The van der Waals surface area contributed by atoms with Crippen molar-refractivity contribution in [3.05, 3.63) is 24.3 Å². The first-order chi connectivity index (χ1) is 13.5. The minimum atomic E-state index is -0.753. The maximum atomic E-state index is 12.3. The average Bonchev–Trinajstić information content (AvgIpc) is 3.12. The van der Waals surface area contributed by atoms with Crippen molar-refractivity contribution >= 4 is 29.5 Å². The van der Waals surface area contributed by atoms with Crippen LogP contribution in [0, 0.1) is 0 Å². The molecule has 0 aromatic heterocycles. The number of anilines is 1. The molecule has 0 spiro atoms. The number of ether oxygens (including phenoxy) is 2. The highest BCUT2D eigenvalue weighted by Gasteiger charge is 2.26. The summed E-state index contributed by atoms with van der Waals surface area (Å²) < 4.78 is 10.4. The summed E-state index contributed by atoms with van der Waals surface area (Å²) in [5.74, 6) is -1.25. The molecule has 0 unspecified atom stereocenters. The molecule has 4 amide bonds. The minimum absolute atomic E-state index is 0.0756. The summed E-state index contributed by atoms with van der Waals surface area (Å²) in [6, 6.07) is 6.37. The molecular formula is C19H23N3O6. The van der Waals surface area contributed by atoms with Gasteiger partial charge in [0.1, 0.15) is 12.3 Å². The summed E-state index contributed by atoms with van der Waals surface area (Å²) in [6.45, 7) is -0.724. The number of benzene rings is 1. The molecule has 2 N–H and O–H groups in total. The van der Waals surface area contributed by atoms with Crippen molar-refractivity contribution in [2.75, 3.05) is 24.7 Å². The van der Waals surface area contributed by atoms with E-state index in [4.69, 9.17) is 9.47 Å². The molecule has 2 aliphatic rings. The first-order valence-electron chi connectivity index (χ1n) is 9.31. The van der Waals surface area contributed by atoms with E-state index in [0.717, 1.165) is 25.7 Å². The number of hydrogen-bond donors (Lipinski definition) is 2. The largest absolute Gasteiger partial charge is 0.491 e. The number of amides is 4. The van der Waals surface area contributed by atoms with Gasteiger partial charge in [-0.1, -0.05) is 25.0 Å². The van der Waals surface area contributed by atoms with Crippen molar-refractivity contribution in [3.8, 4) is 5.75 Å². The van der Waals surface area contributed by atoms with Gasteiger partial charge in [0.25, 0.3) is 5.91 Å². The van der Waals surface area contributed by atoms with Gasteiger partial charge in [-0.25, -0.2) is 4.79 Å². The second-order valence-corrected chi connectivity index (χ2v) is 6.71. The van der Waals surface area contributed by atoms with E-state index in [1.54, 1.807) is 24.3 Å². The highest BCUT2D eigenvalue weighted by atomic mass is 16.5. The molecule has 1 saturated carbocycles. The molecule has 150 valence electrons. The quantitative estimate of drug-likeness (QED) is 0.730. The van der Waals surface area contributed by atoms with Gasteiger partial charge in [0, 0.05) is 6.04 Å². The molecule has 28 heavy (non-hydrogen) atoms. The van der Waals surface area contributed by atoms with Crippen LogP contribution in [0.1, 0.15) is 32.1 Å². The van der Waals surface area contributed by atoms with Crippen LogP contribution in [0.5, 0.6) is 5.75 Å². The molecule has 1 aliphatic heterocycles. The lowest BCUT2D eigenvalue weighted by molar-refractivity contribution is -0.147. The third-order valence-electron chi connectivity index (χ3n) is 4.63. The van der Waals surface area contributed by atoms with Gasteiger partial charge in [-0.2, -0.15) is 0 Å². The number of para-hydroxylation sites is 2. The zero-order chi connectivity index (χ0) is 19.9. The summed E-state index contributed by atoms with van der Waals surface area (Å²) >= 11 is 0. The Balaban J connectivity index is 1.47. The SMILES string of the molecule is O=C(COC(=O)CN1C(=O)CCOc2ccccc21)NC(=O)NC1CCCC1. The topological polar surface area (TPSA) is 114 Å². The van der Waals surface area contributed by atoms with Crippen molar-refractivity contribution in [3.63, 3.8) is 0 Å². The Bertz CT molecular complexity index is 760. The molecule has 1 aromatic carbocycles. The summed E-state index contributed by atoms with van der Waals surface area (Å²) in [6.07, 6.45) is 4.03. The van der Waals surface area contributed by atoms with E-state index >= 15 is 0 Å². The van der Waals surface area contributed by atoms with Gasteiger partial charge in [-0.05, 0) is 25.0 Å². The lowest BCUT2D eigenvalue weighted by Crippen LogP contribution is -2.45. The van der Waals surface area contributed by atoms with Crippen LogP contribution in [0.25, 0.3) is 0 Å². The van der Waals surface area contributed by atoms with Crippen molar-refractivity contribution in [2.24, 2.45) is 0 Å². The maximum Gasteiger partial charge on any atom is 0.326 e. The molecule has 0 saturated heterocycles. The lowest BCUT2D eigenvalue weighted by atomic mass is 10.2. The van der Waals surface area contributed by atoms with Crippen LogP contribution in [0.4, 0.5) is 10.5 Å². The molecule has 0 bridgehead atoms. The molecule has 0 atom stereocenters. The molecular weight excluding hydrogens is 366 g/mol. The predicted molar refractivity (Wildman–Crippen MR) is 98.8 cm³/mol. The van der Waals surface area contributed by atoms with Crippen LogP contribution in [-0.4, -0.2) is 49.6 Å². The highest BCUT2D eigenvalue weighted by Crippen LogP contribution is 2.30. The molecule has 1 aromatic rings. The van der Waals surface area contributed by atoms with Gasteiger partial charge in [0.2, 0.25) is 5.91 Å². The number of nitrogens with zero attached hydrogens (tertiary/aromatic N) is 1. The fourth-order valence-corrected chi connectivity index (χ4v) is 3.27. The summed E-state index contributed by atoms with van der Waals surface area (Å²) in [4.78, 5) is 49.2. The second-order valence-electron chi connectivity index (χ2n) is 6.71. The molecule has 9 heteroatoms. The summed E-state index contributed by atoms with van der Waals surface area (Å²) in [5.41, 5.74) is 0.474. The minimum Gasteiger partial charge on any atom is -0.491 e. The van der Waals surface area contributed by atoms with Crippen LogP contribution in [0.2, 0.25) is 0 Å². The number of carbonyl (C=O) groups is 4. The van der Waals surface area contributed by atoms with Gasteiger partial charge in [-0.15, -0.1) is 0 Å². The molecule has 1 aliphatic carbocycles. The van der Waals surface area contributed by atoms with Gasteiger partial charge in [0.05, 0.1) is 18.7 Å². The number of hydrogen-bond acceptors (Lipinski definition) is 6.